The molecule has 0 saturated heterocycles. The molecule has 0 heterocycles. The molecule has 0 aliphatic rings. The van der Waals surface area contributed by atoms with Crippen molar-refractivity contribution in [2.45, 2.75) is 0 Å². The van der Waals surface area contributed by atoms with Crippen LogP contribution in [0, 0.1) is 0 Å². The molecular formula is C22H15N. The highest BCUT2D eigenvalue weighted by atomic mass is 14.5. The molecule has 2 N–H and O–H groups in total. The third-order valence-corrected chi connectivity index (χ3v) is 4.73. The molecule has 0 bridgehead atoms. The molecule has 5 aromatic carbocycles. The fraction of sp³-hybridized carbons (Fsp3) is 0. The normalized spacial score (nSPS) is 11.7. The lowest BCUT2D eigenvalue weighted by atomic mass is 9.95. The molecule has 23 heavy (non-hydrogen) atoms. The van der Waals surface area contributed by atoms with Crippen LogP contribution in [0.3, 0.4) is 0 Å². The zero-order valence-electron chi connectivity index (χ0n) is 12.6. The van der Waals surface area contributed by atoms with Crippen molar-refractivity contribution in [3.63, 3.8) is 0 Å². The number of hydrogen-bond donors (Lipinski definition) is 1. The zero-order chi connectivity index (χ0) is 15.4. The van der Waals surface area contributed by atoms with Crippen molar-refractivity contribution in [3.05, 3.63) is 78.9 Å². The topological polar surface area (TPSA) is 26.0 Å². The van der Waals surface area contributed by atoms with E-state index >= 15 is 0 Å². The minimum absolute atomic E-state index is 0.835. The Bertz CT molecular complexity index is 1220. The number of benzene rings is 5. The van der Waals surface area contributed by atoms with Gasteiger partial charge >= 0.3 is 0 Å². The first-order valence-corrected chi connectivity index (χ1v) is 7.83. The van der Waals surface area contributed by atoms with Gasteiger partial charge in [0.15, 0.2) is 0 Å². The smallest absolute Gasteiger partial charge is 0.0393 e. The van der Waals surface area contributed by atoms with Gasteiger partial charge in [-0.1, -0.05) is 48.5 Å². The number of anilines is 1. The van der Waals surface area contributed by atoms with E-state index in [-0.39, 0.29) is 0 Å². The van der Waals surface area contributed by atoms with Crippen LogP contribution in [0.15, 0.2) is 78.9 Å². The average molecular weight is 293 g/mol. The van der Waals surface area contributed by atoms with Crippen molar-refractivity contribution >= 4 is 48.8 Å². The predicted octanol–water partition coefficient (Wildman–Crippen LogP) is 5.88. The Morgan fingerprint density at radius 1 is 0.435 bits per heavy atom. The Hall–Kier alpha value is -3.06. The molecule has 0 saturated carbocycles. The lowest BCUT2D eigenvalue weighted by Gasteiger charge is -2.09. The van der Waals surface area contributed by atoms with Crippen molar-refractivity contribution < 1.29 is 0 Å². The minimum Gasteiger partial charge on any atom is -0.398 e. The Kier molecular flexibility index (Phi) is 2.42. The van der Waals surface area contributed by atoms with E-state index in [1.807, 2.05) is 12.1 Å². The molecule has 0 atom stereocenters. The van der Waals surface area contributed by atoms with Gasteiger partial charge in [0, 0.05) is 11.1 Å². The fourth-order valence-electron chi connectivity index (χ4n) is 3.55. The van der Waals surface area contributed by atoms with E-state index in [4.69, 9.17) is 5.73 Å². The first-order chi connectivity index (χ1) is 11.3. The van der Waals surface area contributed by atoms with Gasteiger partial charge in [0.25, 0.3) is 0 Å². The second-order valence-electron chi connectivity index (χ2n) is 6.13. The Balaban J connectivity index is 2.01. The van der Waals surface area contributed by atoms with Gasteiger partial charge in [-0.05, 0) is 68.0 Å². The predicted molar refractivity (Wildman–Crippen MR) is 101 cm³/mol. The van der Waals surface area contributed by atoms with Crippen LogP contribution in [-0.4, -0.2) is 0 Å². The molecule has 0 fully saturated rings. The number of rotatable bonds is 0. The number of nitrogen functional groups attached to an aromatic ring is 1. The van der Waals surface area contributed by atoms with Gasteiger partial charge < -0.3 is 5.73 Å². The Morgan fingerprint density at radius 2 is 1.00 bits per heavy atom. The monoisotopic (exact) mass is 293 g/mol. The van der Waals surface area contributed by atoms with Crippen molar-refractivity contribution in [3.8, 4) is 0 Å². The van der Waals surface area contributed by atoms with Crippen molar-refractivity contribution in [2.75, 3.05) is 5.73 Å². The van der Waals surface area contributed by atoms with E-state index in [2.05, 4.69) is 66.7 Å². The van der Waals surface area contributed by atoms with Crippen LogP contribution in [0.25, 0.3) is 43.1 Å². The summed E-state index contributed by atoms with van der Waals surface area (Å²) >= 11 is 0. The van der Waals surface area contributed by atoms with Gasteiger partial charge in [-0.2, -0.15) is 0 Å². The average Bonchev–Trinajstić information content (AvgIpc) is 2.59. The van der Waals surface area contributed by atoms with Crippen molar-refractivity contribution in [1.82, 2.24) is 0 Å². The van der Waals surface area contributed by atoms with Crippen LogP contribution in [0.1, 0.15) is 0 Å². The molecule has 0 amide bonds. The Morgan fingerprint density at radius 3 is 1.78 bits per heavy atom. The summed E-state index contributed by atoms with van der Waals surface area (Å²) in [7, 11) is 0. The number of fused-ring (bicyclic) bond motifs is 5. The molecule has 5 rings (SSSR count). The summed E-state index contributed by atoms with van der Waals surface area (Å²) in [5, 5.41) is 9.94. The van der Waals surface area contributed by atoms with Crippen LogP contribution in [0.4, 0.5) is 5.69 Å². The highest BCUT2D eigenvalue weighted by Gasteiger charge is 2.06. The van der Waals surface area contributed by atoms with Gasteiger partial charge in [-0.15, -0.1) is 0 Å². The highest BCUT2D eigenvalue weighted by molar-refractivity contribution is 6.16. The van der Waals surface area contributed by atoms with Gasteiger partial charge in [-0.3, -0.25) is 0 Å². The molecule has 1 heteroatoms. The molecule has 0 aliphatic carbocycles. The minimum atomic E-state index is 0.835. The van der Waals surface area contributed by atoms with E-state index < -0.39 is 0 Å². The molecule has 0 spiro atoms. The van der Waals surface area contributed by atoms with Gasteiger partial charge in [-0.25, -0.2) is 0 Å². The zero-order valence-corrected chi connectivity index (χ0v) is 12.6. The Labute approximate surface area is 133 Å². The summed E-state index contributed by atoms with van der Waals surface area (Å²) in [6.45, 7) is 0. The molecule has 0 radical (unpaired) electrons. The summed E-state index contributed by atoms with van der Waals surface area (Å²) in [4.78, 5) is 0. The van der Waals surface area contributed by atoms with Crippen LogP contribution >= 0.6 is 0 Å². The quantitative estimate of drug-likeness (QED) is 0.215. The van der Waals surface area contributed by atoms with E-state index in [1.165, 1.54) is 37.7 Å². The molecule has 108 valence electrons. The fourth-order valence-corrected chi connectivity index (χ4v) is 3.55. The molecule has 0 aromatic heterocycles. The van der Waals surface area contributed by atoms with E-state index in [0.29, 0.717) is 0 Å². The standard InChI is InChI=1S/C22H15N/c23-22-7-3-6-16-11-18-9-8-17-10-14-4-1-2-5-15(14)12-19(17)20(18)13-21(16)22/h1-13H,23H2. The first-order valence-electron chi connectivity index (χ1n) is 7.83. The lowest BCUT2D eigenvalue weighted by Crippen LogP contribution is -1.87. The molecule has 5 aromatic rings. The second-order valence-corrected chi connectivity index (χ2v) is 6.13. The van der Waals surface area contributed by atoms with Crippen LogP contribution < -0.4 is 5.73 Å². The third kappa shape index (κ3) is 1.80. The van der Waals surface area contributed by atoms with Gasteiger partial charge in [0.2, 0.25) is 0 Å². The molecule has 1 nitrogen and oxygen atoms in total. The summed E-state index contributed by atoms with van der Waals surface area (Å²) < 4.78 is 0. The van der Waals surface area contributed by atoms with Crippen molar-refractivity contribution in [2.24, 2.45) is 0 Å². The SMILES string of the molecule is Nc1cccc2cc3ccc4cc5ccccc5cc4c3cc12. The van der Waals surface area contributed by atoms with Gasteiger partial charge in [0.05, 0.1) is 0 Å². The number of hydrogen-bond acceptors (Lipinski definition) is 1. The van der Waals surface area contributed by atoms with Crippen LogP contribution in [0.5, 0.6) is 0 Å². The largest absolute Gasteiger partial charge is 0.398 e. The van der Waals surface area contributed by atoms with E-state index in [1.54, 1.807) is 0 Å². The first kappa shape index (κ1) is 12.5. The summed E-state index contributed by atoms with van der Waals surface area (Å²) in [5.41, 5.74) is 7.02. The third-order valence-electron chi connectivity index (χ3n) is 4.73. The van der Waals surface area contributed by atoms with Crippen LogP contribution in [-0.2, 0) is 0 Å². The maximum Gasteiger partial charge on any atom is 0.0393 e. The second kappa shape index (κ2) is 4.47. The molecule has 0 aliphatic heterocycles. The summed E-state index contributed by atoms with van der Waals surface area (Å²) in [6, 6.07) is 28.0. The highest BCUT2D eigenvalue weighted by Crippen LogP contribution is 2.33. The summed E-state index contributed by atoms with van der Waals surface area (Å²) in [6.07, 6.45) is 0. The lowest BCUT2D eigenvalue weighted by molar-refractivity contribution is 1.76. The van der Waals surface area contributed by atoms with Crippen molar-refractivity contribution in [1.29, 1.82) is 0 Å². The maximum absolute atomic E-state index is 6.18. The van der Waals surface area contributed by atoms with Crippen LogP contribution in [0.2, 0.25) is 0 Å². The van der Waals surface area contributed by atoms with E-state index in [9.17, 15) is 0 Å². The molecule has 0 unspecified atom stereocenters. The summed E-state index contributed by atoms with van der Waals surface area (Å²) in [5.74, 6) is 0. The maximum atomic E-state index is 6.18. The van der Waals surface area contributed by atoms with Gasteiger partial charge in [0.1, 0.15) is 0 Å². The number of nitrogens with two attached hydrogens (primary N) is 1. The molecular weight excluding hydrogens is 278 g/mol. The van der Waals surface area contributed by atoms with E-state index in [0.717, 1.165) is 11.1 Å².